The lowest BCUT2D eigenvalue weighted by molar-refractivity contribution is -0.128. The normalized spacial score (nSPS) is 22.9. The number of anilines is 3. The molecule has 9 heteroatoms. The van der Waals surface area contributed by atoms with E-state index in [0.29, 0.717) is 5.02 Å². The Kier molecular flexibility index (Phi) is 6.81. The number of amides is 1. The van der Waals surface area contributed by atoms with Crippen molar-refractivity contribution < 1.29 is 14.3 Å². The van der Waals surface area contributed by atoms with Gasteiger partial charge in [-0.25, -0.2) is 4.98 Å². The first-order chi connectivity index (χ1) is 16.5. The summed E-state index contributed by atoms with van der Waals surface area (Å²) in [6, 6.07) is 10.3. The first-order valence-corrected chi connectivity index (χ1v) is 12.4. The molecule has 1 aromatic heterocycles. The van der Waals surface area contributed by atoms with Gasteiger partial charge in [0.2, 0.25) is 12.3 Å². The summed E-state index contributed by atoms with van der Waals surface area (Å²) >= 11 is 6.66. The van der Waals surface area contributed by atoms with E-state index in [9.17, 15) is 4.79 Å². The molecule has 2 unspecified atom stereocenters. The summed E-state index contributed by atoms with van der Waals surface area (Å²) in [5.74, 6) is 0.953. The van der Waals surface area contributed by atoms with Crippen molar-refractivity contribution in [2.45, 2.75) is 38.6 Å². The number of ether oxygens (including phenoxy) is 2. The van der Waals surface area contributed by atoms with Crippen LogP contribution in [0.15, 0.2) is 30.3 Å². The summed E-state index contributed by atoms with van der Waals surface area (Å²) in [4.78, 5) is 22.9. The number of hydrogen-bond acceptors (Lipinski definition) is 7. The predicted octanol–water partition coefficient (Wildman–Crippen LogP) is 3.80. The van der Waals surface area contributed by atoms with E-state index >= 15 is 0 Å². The van der Waals surface area contributed by atoms with Crippen molar-refractivity contribution in [2.75, 3.05) is 61.6 Å². The Morgan fingerprint density at radius 3 is 2.65 bits per heavy atom. The second kappa shape index (κ2) is 9.98. The highest BCUT2D eigenvalue weighted by molar-refractivity contribution is 6.33. The Labute approximate surface area is 205 Å². The van der Waals surface area contributed by atoms with E-state index in [1.165, 1.54) is 5.69 Å². The van der Waals surface area contributed by atoms with Crippen LogP contribution in [-0.2, 0) is 14.3 Å². The van der Waals surface area contributed by atoms with E-state index in [4.69, 9.17) is 26.1 Å². The molecule has 182 valence electrons. The van der Waals surface area contributed by atoms with Crippen molar-refractivity contribution in [3.05, 3.63) is 35.4 Å². The first kappa shape index (κ1) is 23.2. The van der Waals surface area contributed by atoms with Gasteiger partial charge in [0.25, 0.3) is 0 Å². The number of carbonyl (C=O) groups is 1. The number of benzene rings is 1. The van der Waals surface area contributed by atoms with Crippen LogP contribution in [0.1, 0.15) is 26.2 Å². The summed E-state index contributed by atoms with van der Waals surface area (Å²) in [5, 5.41) is 4.02. The molecule has 3 aliphatic heterocycles. The van der Waals surface area contributed by atoms with Crippen LogP contribution < -0.4 is 15.1 Å². The quantitative estimate of drug-likeness (QED) is 0.706. The van der Waals surface area contributed by atoms with Gasteiger partial charge < -0.3 is 29.5 Å². The van der Waals surface area contributed by atoms with Gasteiger partial charge in [-0.05, 0) is 37.5 Å². The molecule has 2 fully saturated rings. The lowest BCUT2D eigenvalue weighted by Crippen LogP contribution is -2.39. The average Bonchev–Trinajstić information content (AvgIpc) is 3.00. The molecule has 1 amide bonds. The molecule has 0 radical (unpaired) electrons. The van der Waals surface area contributed by atoms with Crippen LogP contribution in [0, 0.1) is 0 Å². The Balaban J connectivity index is 1.28. The number of hydrogen-bond donors (Lipinski definition) is 1. The third-order valence-corrected chi connectivity index (χ3v) is 7.17. The minimum Gasteiger partial charge on any atom is -0.378 e. The molecular formula is C25H32ClN5O3. The smallest absolute Gasteiger partial charge is 0.219 e. The topological polar surface area (TPSA) is 70.2 Å². The lowest BCUT2D eigenvalue weighted by Gasteiger charge is -2.29. The monoisotopic (exact) mass is 485 g/mol. The van der Waals surface area contributed by atoms with Gasteiger partial charge in [0.05, 0.1) is 35.7 Å². The fraction of sp³-hybridized carbons (Fsp3) is 0.520. The van der Waals surface area contributed by atoms with E-state index in [1.54, 1.807) is 6.92 Å². The minimum atomic E-state index is -0.314. The molecule has 2 atom stereocenters. The minimum absolute atomic E-state index is 0.0845. The second-order valence-corrected chi connectivity index (χ2v) is 9.55. The zero-order chi connectivity index (χ0) is 23.7. The van der Waals surface area contributed by atoms with Gasteiger partial charge >= 0.3 is 0 Å². The Bertz CT molecular complexity index is 1030. The maximum atomic E-state index is 11.7. The van der Waals surface area contributed by atoms with Crippen LogP contribution >= 0.6 is 11.6 Å². The summed E-state index contributed by atoms with van der Waals surface area (Å²) in [6.07, 6.45) is 2.48. The van der Waals surface area contributed by atoms with Crippen molar-refractivity contribution in [1.82, 2.24) is 9.88 Å². The van der Waals surface area contributed by atoms with Crippen molar-refractivity contribution >= 4 is 34.7 Å². The van der Waals surface area contributed by atoms with Crippen molar-refractivity contribution in [3.63, 3.8) is 0 Å². The number of morpholine rings is 1. The molecule has 0 saturated carbocycles. The van der Waals surface area contributed by atoms with Crippen LogP contribution in [0.4, 0.5) is 17.2 Å². The summed E-state index contributed by atoms with van der Waals surface area (Å²) < 4.78 is 11.9. The molecule has 2 aromatic rings. The third-order valence-electron chi connectivity index (χ3n) is 6.88. The number of nitrogens with one attached hydrogen (secondary N) is 1. The number of fused-ring (bicyclic) bond motifs is 1. The van der Waals surface area contributed by atoms with Gasteiger partial charge in [-0.3, -0.25) is 4.79 Å². The summed E-state index contributed by atoms with van der Waals surface area (Å²) in [6.45, 7) is 6.50. The first-order valence-electron chi connectivity index (χ1n) is 12.0. The molecule has 1 N–H and O–H groups in total. The van der Waals surface area contributed by atoms with Gasteiger partial charge in [-0.2, -0.15) is 0 Å². The van der Waals surface area contributed by atoms with Gasteiger partial charge in [0.15, 0.2) is 5.82 Å². The number of aromatic nitrogens is 1. The molecular weight excluding hydrogens is 454 g/mol. The maximum Gasteiger partial charge on any atom is 0.219 e. The number of nitrogens with zero attached hydrogens (tertiary/aromatic N) is 4. The Hall–Kier alpha value is -2.55. The number of halogens is 1. The zero-order valence-corrected chi connectivity index (χ0v) is 20.6. The Morgan fingerprint density at radius 1 is 1.15 bits per heavy atom. The van der Waals surface area contributed by atoms with E-state index in [2.05, 4.69) is 34.5 Å². The Morgan fingerprint density at radius 2 is 1.91 bits per heavy atom. The van der Waals surface area contributed by atoms with Crippen LogP contribution in [0.2, 0.25) is 5.02 Å². The van der Waals surface area contributed by atoms with E-state index in [0.717, 1.165) is 81.4 Å². The largest absolute Gasteiger partial charge is 0.378 e. The fourth-order valence-corrected chi connectivity index (χ4v) is 5.13. The fourth-order valence-electron chi connectivity index (χ4n) is 4.87. The number of pyridine rings is 1. The SMILES string of the molecule is CC(=O)N1CCCC(OC2Nc3cc(Cl)c(-c4ccc(N5CCOCC5)cc4)nc3N2C)CC1. The average molecular weight is 486 g/mol. The molecule has 0 aliphatic carbocycles. The van der Waals surface area contributed by atoms with E-state index < -0.39 is 0 Å². The molecule has 5 rings (SSSR count). The molecule has 34 heavy (non-hydrogen) atoms. The molecule has 0 bridgehead atoms. The van der Waals surface area contributed by atoms with Crippen molar-refractivity contribution in [3.8, 4) is 11.3 Å². The zero-order valence-electron chi connectivity index (χ0n) is 19.8. The van der Waals surface area contributed by atoms with Crippen LogP contribution in [0.5, 0.6) is 0 Å². The summed E-state index contributed by atoms with van der Waals surface area (Å²) in [5.41, 5.74) is 3.79. The molecule has 2 saturated heterocycles. The predicted molar refractivity (Wildman–Crippen MR) is 135 cm³/mol. The number of rotatable bonds is 4. The van der Waals surface area contributed by atoms with Crippen LogP contribution in [-0.4, -0.2) is 74.7 Å². The van der Waals surface area contributed by atoms with E-state index in [1.807, 2.05) is 22.9 Å². The lowest BCUT2D eigenvalue weighted by atomic mass is 10.1. The van der Waals surface area contributed by atoms with Crippen molar-refractivity contribution in [1.29, 1.82) is 0 Å². The molecule has 1 aromatic carbocycles. The standard InChI is InChI=1S/C25H32ClN5O3/c1-17(32)30-10-3-4-20(9-11-30)34-25-27-22-16-21(26)23(28-24(22)29(25)2)18-5-7-19(8-6-18)31-12-14-33-15-13-31/h5-8,16,20,25,27H,3-4,9-15H2,1-2H3. The molecule has 4 heterocycles. The van der Waals surface area contributed by atoms with E-state index in [-0.39, 0.29) is 18.4 Å². The van der Waals surface area contributed by atoms with Gasteiger partial charge in [0.1, 0.15) is 0 Å². The molecule has 0 spiro atoms. The summed E-state index contributed by atoms with van der Waals surface area (Å²) in [7, 11) is 1.98. The van der Waals surface area contributed by atoms with Crippen LogP contribution in [0.3, 0.4) is 0 Å². The highest BCUT2D eigenvalue weighted by atomic mass is 35.5. The number of likely N-dealkylation sites (tertiary alicyclic amines) is 1. The number of carbonyl (C=O) groups excluding carboxylic acids is 1. The highest BCUT2D eigenvalue weighted by Gasteiger charge is 2.32. The molecule has 8 nitrogen and oxygen atoms in total. The van der Waals surface area contributed by atoms with Gasteiger partial charge in [0, 0.05) is 51.4 Å². The van der Waals surface area contributed by atoms with Crippen molar-refractivity contribution in [2.24, 2.45) is 0 Å². The second-order valence-electron chi connectivity index (χ2n) is 9.14. The van der Waals surface area contributed by atoms with Gasteiger partial charge in [-0.15, -0.1) is 0 Å². The van der Waals surface area contributed by atoms with Crippen LogP contribution in [0.25, 0.3) is 11.3 Å². The maximum absolute atomic E-state index is 11.7. The third kappa shape index (κ3) is 4.80. The molecule has 3 aliphatic rings. The highest BCUT2D eigenvalue weighted by Crippen LogP contribution is 2.39. The van der Waals surface area contributed by atoms with Gasteiger partial charge in [-0.1, -0.05) is 23.7 Å².